The number of halogens is 2. The minimum Gasteiger partial charge on any atom is -0.459 e. The molecular weight excluding hydrogens is 445 g/mol. The number of aromatic nitrogens is 1. The lowest BCUT2D eigenvalue weighted by molar-refractivity contribution is 0.209. The van der Waals surface area contributed by atoms with Crippen LogP contribution in [0.4, 0.5) is 4.39 Å². The van der Waals surface area contributed by atoms with Gasteiger partial charge in [0.1, 0.15) is 23.4 Å². The minimum absolute atomic E-state index is 0.0374. The summed E-state index contributed by atoms with van der Waals surface area (Å²) in [5.74, 6) is 0.975. The number of nitrogens with one attached hydrogen (secondary N) is 1. The van der Waals surface area contributed by atoms with Gasteiger partial charge in [0, 0.05) is 22.8 Å². The number of rotatable bonds is 5. The van der Waals surface area contributed by atoms with Crippen LogP contribution in [-0.4, -0.2) is 33.3 Å². The third kappa shape index (κ3) is 3.55. The summed E-state index contributed by atoms with van der Waals surface area (Å²) in [5.41, 5.74) is 1.58. The molecule has 0 aliphatic carbocycles. The van der Waals surface area contributed by atoms with Gasteiger partial charge in [-0.15, -0.1) is 0 Å². The molecule has 3 aromatic rings. The summed E-state index contributed by atoms with van der Waals surface area (Å²) in [6.45, 7) is 0.334. The monoisotopic (exact) mass is 461 g/mol. The number of hydrogen-bond acceptors (Lipinski definition) is 4. The van der Waals surface area contributed by atoms with E-state index in [-0.39, 0.29) is 24.5 Å². The molecule has 2 atom stereocenters. The van der Waals surface area contributed by atoms with Gasteiger partial charge in [-0.25, -0.2) is 4.39 Å². The van der Waals surface area contributed by atoms with E-state index in [1.54, 1.807) is 12.3 Å². The smallest absolute Gasteiger partial charge is 0.170 e. The molecule has 0 saturated carbocycles. The number of aliphatic hydroxyl groups is 1. The standard InChI is InChI=1S/C20H17BrFN3O2S/c21-14-11-12(22)4-5-13(14)16-6-7-17(27-16)19-18(15-3-1-2-8-23-15)24-20(28)25(19)9-10-26/h1-8,11,18-19,26H,9-10H2,(H,24,28)/t18-,19-/m0/s1. The van der Waals surface area contributed by atoms with E-state index in [4.69, 9.17) is 16.6 Å². The molecule has 4 rings (SSSR count). The molecular formula is C20H17BrFN3O2S. The van der Waals surface area contributed by atoms with E-state index in [0.29, 0.717) is 27.7 Å². The second kappa shape index (κ2) is 7.98. The molecule has 5 nitrogen and oxygen atoms in total. The first kappa shape index (κ1) is 19.0. The van der Waals surface area contributed by atoms with Gasteiger partial charge in [0.15, 0.2) is 5.11 Å². The Morgan fingerprint density at radius 3 is 2.82 bits per heavy atom. The van der Waals surface area contributed by atoms with Gasteiger partial charge >= 0.3 is 0 Å². The van der Waals surface area contributed by atoms with E-state index in [0.717, 1.165) is 11.3 Å². The first-order chi connectivity index (χ1) is 13.6. The number of β-amino-alcohol motifs (C(OH)–C–C–N with tert-alkyl or cyclic N) is 1. The fourth-order valence-corrected chi connectivity index (χ4v) is 4.29. The molecule has 0 radical (unpaired) electrons. The van der Waals surface area contributed by atoms with Crippen LogP contribution in [0.25, 0.3) is 11.3 Å². The lowest BCUT2D eigenvalue weighted by Gasteiger charge is -2.25. The summed E-state index contributed by atoms with van der Waals surface area (Å²) >= 11 is 8.87. The maximum Gasteiger partial charge on any atom is 0.170 e. The van der Waals surface area contributed by atoms with Crippen LogP contribution in [-0.2, 0) is 0 Å². The van der Waals surface area contributed by atoms with Crippen LogP contribution in [0.3, 0.4) is 0 Å². The Bertz CT molecular complexity index is 998. The van der Waals surface area contributed by atoms with Crippen LogP contribution < -0.4 is 5.32 Å². The van der Waals surface area contributed by atoms with Crippen molar-refractivity contribution in [3.63, 3.8) is 0 Å². The van der Waals surface area contributed by atoms with Gasteiger partial charge in [0.2, 0.25) is 0 Å². The maximum atomic E-state index is 13.4. The van der Waals surface area contributed by atoms with E-state index in [2.05, 4.69) is 26.2 Å². The first-order valence-corrected chi connectivity index (χ1v) is 9.92. The van der Waals surface area contributed by atoms with Crippen molar-refractivity contribution in [2.24, 2.45) is 0 Å². The molecule has 1 aliphatic heterocycles. The molecule has 144 valence electrons. The molecule has 1 aromatic carbocycles. The zero-order valence-corrected chi connectivity index (χ0v) is 17.1. The van der Waals surface area contributed by atoms with Crippen LogP contribution in [0.2, 0.25) is 0 Å². The third-order valence-corrected chi connectivity index (χ3v) is 5.66. The molecule has 0 spiro atoms. The number of nitrogens with zero attached hydrogens (tertiary/aromatic N) is 2. The fourth-order valence-electron chi connectivity index (χ4n) is 3.41. The zero-order chi connectivity index (χ0) is 19.7. The van der Waals surface area contributed by atoms with Crippen molar-refractivity contribution < 1.29 is 13.9 Å². The molecule has 2 N–H and O–H groups in total. The van der Waals surface area contributed by atoms with Crippen molar-refractivity contribution in [3.8, 4) is 11.3 Å². The van der Waals surface area contributed by atoms with Crippen LogP contribution in [0.15, 0.2) is 63.6 Å². The predicted octanol–water partition coefficient (Wildman–Crippen LogP) is 4.21. The number of pyridine rings is 1. The molecule has 2 aromatic heterocycles. The van der Waals surface area contributed by atoms with Gasteiger partial charge in [0.25, 0.3) is 0 Å². The Morgan fingerprint density at radius 2 is 2.11 bits per heavy atom. The normalized spacial score (nSPS) is 19.1. The highest BCUT2D eigenvalue weighted by Gasteiger charge is 2.41. The molecule has 1 saturated heterocycles. The van der Waals surface area contributed by atoms with Crippen molar-refractivity contribution in [2.75, 3.05) is 13.2 Å². The van der Waals surface area contributed by atoms with E-state index in [1.165, 1.54) is 12.1 Å². The lowest BCUT2D eigenvalue weighted by Crippen LogP contribution is -2.32. The van der Waals surface area contributed by atoms with Gasteiger partial charge in [-0.1, -0.05) is 6.07 Å². The van der Waals surface area contributed by atoms with E-state index in [1.807, 2.05) is 35.2 Å². The second-order valence-electron chi connectivity index (χ2n) is 6.37. The molecule has 0 unspecified atom stereocenters. The number of hydrogen-bond donors (Lipinski definition) is 2. The van der Waals surface area contributed by atoms with Gasteiger partial charge < -0.3 is 19.7 Å². The molecule has 0 amide bonds. The van der Waals surface area contributed by atoms with Gasteiger partial charge in [-0.2, -0.15) is 0 Å². The van der Waals surface area contributed by atoms with Crippen LogP contribution in [0, 0.1) is 5.82 Å². The van der Waals surface area contributed by atoms with Gasteiger partial charge in [-0.3, -0.25) is 4.98 Å². The molecule has 3 heterocycles. The maximum absolute atomic E-state index is 13.4. The quantitative estimate of drug-likeness (QED) is 0.555. The number of aliphatic hydroxyl groups excluding tert-OH is 1. The van der Waals surface area contributed by atoms with Crippen molar-refractivity contribution in [1.82, 2.24) is 15.2 Å². The molecule has 28 heavy (non-hydrogen) atoms. The molecule has 0 bridgehead atoms. The Balaban J connectivity index is 1.73. The zero-order valence-electron chi connectivity index (χ0n) is 14.7. The summed E-state index contributed by atoms with van der Waals surface area (Å²) in [7, 11) is 0. The van der Waals surface area contributed by atoms with Crippen LogP contribution in [0.5, 0.6) is 0 Å². The highest BCUT2D eigenvalue weighted by molar-refractivity contribution is 9.10. The largest absolute Gasteiger partial charge is 0.459 e. The Labute approximate surface area is 175 Å². The summed E-state index contributed by atoms with van der Waals surface area (Å²) in [5, 5.41) is 13.3. The Kier molecular flexibility index (Phi) is 5.43. The Morgan fingerprint density at radius 1 is 1.25 bits per heavy atom. The number of thiocarbonyl (C=S) groups is 1. The average Bonchev–Trinajstić information content (AvgIpc) is 3.28. The summed E-state index contributed by atoms with van der Waals surface area (Å²) in [4.78, 5) is 6.35. The lowest BCUT2D eigenvalue weighted by atomic mass is 10.0. The summed E-state index contributed by atoms with van der Waals surface area (Å²) in [6.07, 6.45) is 1.73. The number of furan rings is 1. The second-order valence-corrected chi connectivity index (χ2v) is 7.61. The van der Waals surface area contributed by atoms with Gasteiger partial charge in [-0.05, 0) is 70.6 Å². The van der Waals surface area contributed by atoms with E-state index < -0.39 is 0 Å². The van der Waals surface area contributed by atoms with Crippen molar-refractivity contribution in [2.45, 2.75) is 12.1 Å². The Hall–Kier alpha value is -2.29. The molecule has 1 aliphatic rings. The average molecular weight is 462 g/mol. The van der Waals surface area contributed by atoms with Crippen LogP contribution in [0.1, 0.15) is 23.5 Å². The van der Waals surface area contributed by atoms with Crippen molar-refractivity contribution >= 4 is 33.3 Å². The summed E-state index contributed by atoms with van der Waals surface area (Å²) < 4.78 is 20.2. The SMILES string of the molecule is OCCN1C(=S)N[C@@H](c2ccccn2)[C@@H]1c1ccc(-c2ccc(F)cc2Br)o1. The minimum atomic E-state index is -0.322. The van der Waals surface area contributed by atoms with Crippen molar-refractivity contribution in [3.05, 3.63) is 76.5 Å². The van der Waals surface area contributed by atoms with Crippen LogP contribution >= 0.6 is 28.1 Å². The number of benzene rings is 1. The highest BCUT2D eigenvalue weighted by atomic mass is 79.9. The highest BCUT2D eigenvalue weighted by Crippen LogP contribution is 2.41. The predicted molar refractivity (Wildman–Crippen MR) is 111 cm³/mol. The van der Waals surface area contributed by atoms with E-state index >= 15 is 0 Å². The van der Waals surface area contributed by atoms with Gasteiger partial charge in [0.05, 0.1) is 18.3 Å². The molecule has 1 fully saturated rings. The molecule has 8 heteroatoms. The first-order valence-electron chi connectivity index (χ1n) is 8.72. The summed E-state index contributed by atoms with van der Waals surface area (Å²) in [6, 6.07) is 13.4. The topological polar surface area (TPSA) is 61.5 Å². The van der Waals surface area contributed by atoms with E-state index in [9.17, 15) is 9.50 Å². The fraction of sp³-hybridized carbons (Fsp3) is 0.200. The van der Waals surface area contributed by atoms with Crippen molar-refractivity contribution in [1.29, 1.82) is 0 Å². The third-order valence-electron chi connectivity index (χ3n) is 4.65.